The van der Waals surface area contributed by atoms with Gasteiger partial charge in [0.25, 0.3) is 0 Å². The molecule has 0 aromatic heterocycles. The molecule has 108 valence electrons. The minimum Gasteiger partial charge on any atom is -0.0695 e. The molecule has 5 rings (SSSR count). The molecule has 0 amide bonds. The summed E-state index contributed by atoms with van der Waals surface area (Å²) in [7, 11) is -0.900. The van der Waals surface area contributed by atoms with Crippen LogP contribution < -0.4 is 0 Å². The first-order valence-corrected chi connectivity index (χ1v) is 12.5. The highest BCUT2D eigenvalue weighted by Gasteiger charge is 2.84. The van der Waals surface area contributed by atoms with Crippen LogP contribution in [-0.4, -0.2) is 8.07 Å². The Balaban J connectivity index is 1.61. The lowest BCUT2D eigenvalue weighted by molar-refractivity contribution is 0.0156. The molecule has 1 heteroatoms. The normalized spacial score (nSPS) is 53.7. The topological polar surface area (TPSA) is 0 Å². The first-order chi connectivity index (χ1) is 8.76. The van der Waals surface area contributed by atoms with Crippen LogP contribution in [0.15, 0.2) is 0 Å². The van der Waals surface area contributed by atoms with E-state index in [2.05, 4.69) is 26.6 Å². The highest BCUT2D eigenvalue weighted by atomic mass is 28.3. The van der Waals surface area contributed by atoms with E-state index in [1.54, 1.807) is 51.0 Å². The molecule has 5 fully saturated rings. The predicted molar refractivity (Wildman–Crippen MR) is 85.1 cm³/mol. The fraction of sp³-hybridized carbons (Fsp3) is 1.00. The van der Waals surface area contributed by atoms with Gasteiger partial charge in [0.15, 0.2) is 0 Å². The van der Waals surface area contributed by atoms with Crippen LogP contribution in [0.4, 0.5) is 0 Å². The minimum atomic E-state index is -0.900. The Hall–Kier alpha value is 0.217. The second-order valence-corrected chi connectivity index (χ2v) is 15.9. The van der Waals surface area contributed by atoms with E-state index in [1.807, 2.05) is 0 Å². The first kappa shape index (κ1) is 12.9. The zero-order valence-electron chi connectivity index (χ0n) is 13.6. The Labute approximate surface area is 120 Å². The van der Waals surface area contributed by atoms with Crippen molar-refractivity contribution in [2.45, 2.75) is 90.4 Å². The molecule has 5 saturated carbocycles. The van der Waals surface area contributed by atoms with Crippen molar-refractivity contribution >= 4 is 8.07 Å². The van der Waals surface area contributed by atoms with Crippen molar-refractivity contribution in [1.82, 2.24) is 0 Å². The predicted octanol–water partition coefficient (Wildman–Crippen LogP) is 5.86. The lowest BCUT2D eigenvalue weighted by Crippen LogP contribution is -2.43. The fourth-order valence-corrected chi connectivity index (χ4v) is 10.5. The highest BCUT2D eigenvalue weighted by Crippen LogP contribution is 2.94. The highest BCUT2D eigenvalue weighted by molar-refractivity contribution is 6.76. The van der Waals surface area contributed by atoms with Crippen LogP contribution in [0.3, 0.4) is 0 Å². The van der Waals surface area contributed by atoms with E-state index in [-0.39, 0.29) is 0 Å². The molecular formula is C18H32Si. The maximum Gasteiger partial charge on any atom is 0.0448 e. The molecule has 5 aliphatic rings. The van der Waals surface area contributed by atoms with Crippen molar-refractivity contribution in [2.24, 2.45) is 21.7 Å². The van der Waals surface area contributed by atoms with Crippen LogP contribution in [0.5, 0.6) is 0 Å². The molecule has 2 unspecified atom stereocenters. The second-order valence-electron chi connectivity index (χ2n) is 10.5. The van der Waals surface area contributed by atoms with Crippen molar-refractivity contribution in [3.8, 4) is 0 Å². The van der Waals surface area contributed by atoms with E-state index in [0.717, 1.165) is 21.7 Å². The third kappa shape index (κ3) is 1.63. The lowest BCUT2D eigenvalue weighted by atomic mass is 9.56. The minimum absolute atomic E-state index is 0.824. The standard InChI is InChI=1S/C18H32Si/c1-5-6-7-15-8-16(14-19(2,3)4)11-17(9-15)13-18(17,10-15)12-16/h5-14H2,1-4H3/t15?,16?,17-,18+. The maximum atomic E-state index is 2.61. The van der Waals surface area contributed by atoms with E-state index in [9.17, 15) is 0 Å². The Morgan fingerprint density at radius 2 is 1.37 bits per heavy atom. The van der Waals surface area contributed by atoms with Gasteiger partial charge in [-0.05, 0) is 66.6 Å². The molecule has 0 aliphatic heterocycles. The summed E-state index contributed by atoms with van der Waals surface area (Å²) < 4.78 is 0. The van der Waals surface area contributed by atoms with Crippen molar-refractivity contribution in [3.63, 3.8) is 0 Å². The average Bonchev–Trinajstić information content (AvgIpc) is 2.60. The molecule has 0 aromatic carbocycles. The molecule has 5 aliphatic carbocycles. The second kappa shape index (κ2) is 3.34. The SMILES string of the molecule is CCCCC12CC3(C[Si](C)(C)C)C[C@@]4(C1)C[C@@]4(C2)C3. The summed E-state index contributed by atoms with van der Waals surface area (Å²) in [6.45, 7) is 10.2. The smallest absolute Gasteiger partial charge is 0.0448 e. The molecule has 0 heterocycles. The summed E-state index contributed by atoms with van der Waals surface area (Å²) in [4.78, 5) is 0. The van der Waals surface area contributed by atoms with Gasteiger partial charge in [-0.15, -0.1) is 0 Å². The molecule has 0 aromatic rings. The molecular weight excluding hydrogens is 244 g/mol. The van der Waals surface area contributed by atoms with Crippen molar-refractivity contribution in [1.29, 1.82) is 0 Å². The number of rotatable bonds is 5. The summed E-state index contributed by atoms with van der Waals surface area (Å²) in [6.07, 6.45) is 14.3. The van der Waals surface area contributed by atoms with Gasteiger partial charge in [0, 0.05) is 8.07 Å². The third-order valence-electron chi connectivity index (χ3n) is 7.25. The van der Waals surface area contributed by atoms with Gasteiger partial charge in [0.1, 0.15) is 0 Å². The largest absolute Gasteiger partial charge is 0.0695 e. The van der Waals surface area contributed by atoms with E-state index in [1.165, 1.54) is 12.8 Å². The Bertz CT molecular complexity index is 392. The van der Waals surface area contributed by atoms with Gasteiger partial charge in [-0.2, -0.15) is 0 Å². The molecule has 4 atom stereocenters. The van der Waals surface area contributed by atoms with Crippen molar-refractivity contribution in [3.05, 3.63) is 0 Å². The summed E-state index contributed by atoms with van der Waals surface area (Å²) in [5.74, 6) is 0. The molecule has 2 spiro atoms. The van der Waals surface area contributed by atoms with Crippen LogP contribution in [0.25, 0.3) is 0 Å². The van der Waals surface area contributed by atoms with Crippen molar-refractivity contribution in [2.75, 3.05) is 0 Å². The number of hydrogen-bond donors (Lipinski definition) is 0. The van der Waals surface area contributed by atoms with Gasteiger partial charge in [0.2, 0.25) is 0 Å². The van der Waals surface area contributed by atoms with Gasteiger partial charge >= 0.3 is 0 Å². The molecule has 4 bridgehead atoms. The van der Waals surface area contributed by atoms with Gasteiger partial charge < -0.3 is 0 Å². The molecule has 0 saturated heterocycles. The van der Waals surface area contributed by atoms with Crippen LogP contribution in [-0.2, 0) is 0 Å². The van der Waals surface area contributed by atoms with E-state index in [4.69, 9.17) is 0 Å². The monoisotopic (exact) mass is 276 g/mol. The van der Waals surface area contributed by atoms with Gasteiger partial charge in [-0.3, -0.25) is 0 Å². The zero-order valence-corrected chi connectivity index (χ0v) is 14.6. The van der Waals surface area contributed by atoms with E-state index >= 15 is 0 Å². The van der Waals surface area contributed by atoms with Gasteiger partial charge in [-0.25, -0.2) is 0 Å². The Morgan fingerprint density at radius 3 is 1.89 bits per heavy atom. The lowest BCUT2D eigenvalue weighted by Gasteiger charge is -2.52. The summed E-state index contributed by atoms with van der Waals surface area (Å²) >= 11 is 0. The summed E-state index contributed by atoms with van der Waals surface area (Å²) in [6, 6.07) is 1.64. The van der Waals surface area contributed by atoms with Crippen LogP contribution in [0.2, 0.25) is 25.7 Å². The summed E-state index contributed by atoms with van der Waals surface area (Å²) in [5.41, 5.74) is 3.43. The van der Waals surface area contributed by atoms with Crippen molar-refractivity contribution < 1.29 is 0 Å². The third-order valence-corrected chi connectivity index (χ3v) is 9.06. The quantitative estimate of drug-likeness (QED) is 0.552. The number of hydrogen-bond acceptors (Lipinski definition) is 0. The zero-order chi connectivity index (χ0) is 13.6. The van der Waals surface area contributed by atoms with Crippen LogP contribution in [0, 0.1) is 21.7 Å². The maximum absolute atomic E-state index is 2.61. The molecule has 0 nitrogen and oxygen atoms in total. The van der Waals surface area contributed by atoms with E-state index in [0.29, 0.717) is 0 Å². The number of unbranched alkanes of at least 4 members (excludes halogenated alkanes) is 1. The molecule has 0 radical (unpaired) electrons. The van der Waals surface area contributed by atoms with Gasteiger partial charge in [0.05, 0.1) is 0 Å². The molecule has 0 N–H and O–H groups in total. The molecule has 19 heavy (non-hydrogen) atoms. The Kier molecular flexibility index (Phi) is 2.27. The van der Waals surface area contributed by atoms with Crippen LogP contribution >= 0.6 is 0 Å². The fourth-order valence-electron chi connectivity index (χ4n) is 7.90. The van der Waals surface area contributed by atoms with E-state index < -0.39 is 8.07 Å². The van der Waals surface area contributed by atoms with Gasteiger partial charge in [-0.1, -0.05) is 45.5 Å². The summed E-state index contributed by atoms with van der Waals surface area (Å²) in [5, 5.41) is 0. The first-order valence-electron chi connectivity index (χ1n) is 8.76. The Morgan fingerprint density at radius 1 is 0.789 bits per heavy atom. The van der Waals surface area contributed by atoms with Crippen LogP contribution in [0.1, 0.15) is 64.7 Å². The average molecular weight is 277 g/mol.